The zero-order valence-electron chi connectivity index (χ0n) is 5.74. The third kappa shape index (κ3) is 2.15. The molecule has 1 heterocycles. The standard InChI is InChI=1S/C5H6ClNO2S2/c1-2-4-7-3-5(10-4)11(6,8)9/h3H,2H2,1H3. The monoisotopic (exact) mass is 211 g/mol. The molecule has 0 spiro atoms. The van der Waals surface area contributed by atoms with Crippen molar-refractivity contribution in [2.75, 3.05) is 0 Å². The zero-order chi connectivity index (χ0) is 8.48. The molecule has 0 aliphatic heterocycles. The Balaban J connectivity index is 3.09. The summed E-state index contributed by atoms with van der Waals surface area (Å²) in [5.41, 5.74) is 0. The van der Waals surface area contributed by atoms with Crippen molar-refractivity contribution in [2.45, 2.75) is 17.6 Å². The van der Waals surface area contributed by atoms with Gasteiger partial charge in [-0.3, -0.25) is 0 Å². The predicted molar refractivity (Wildman–Crippen MR) is 44.5 cm³/mol. The van der Waals surface area contributed by atoms with Crippen molar-refractivity contribution in [1.82, 2.24) is 4.98 Å². The highest BCUT2D eigenvalue weighted by Gasteiger charge is 2.13. The third-order valence-electron chi connectivity index (χ3n) is 1.08. The van der Waals surface area contributed by atoms with Crippen molar-refractivity contribution < 1.29 is 8.42 Å². The van der Waals surface area contributed by atoms with E-state index in [9.17, 15) is 8.42 Å². The van der Waals surface area contributed by atoms with E-state index >= 15 is 0 Å². The number of hydrogen-bond acceptors (Lipinski definition) is 4. The van der Waals surface area contributed by atoms with Crippen molar-refractivity contribution in [3.8, 4) is 0 Å². The Hall–Kier alpha value is -0.130. The van der Waals surface area contributed by atoms with Gasteiger partial charge in [0.25, 0.3) is 9.05 Å². The summed E-state index contributed by atoms with van der Waals surface area (Å²) in [6.45, 7) is 1.91. The van der Waals surface area contributed by atoms with Crippen molar-refractivity contribution in [1.29, 1.82) is 0 Å². The molecule has 62 valence electrons. The van der Waals surface area contributed by atoms with Crippen molar-refractivity contribution >= 4 is 31.1 Å². The second-order valence-electron chi connectivity index (χ2n) is 1.86. The van der Waals surface area contributed by atoms with Gasteiger partial charge >= 0.3 is 0 Å². The lowest BCUT2D eigenvalue weighted by molar-refractivity contribution is 0.611. The quantitative estimate of drug-likeness (QED) is 0.699. The van der Waals surface area contributed by atoms with Crippen LogP contribution in [0.1, 0.15) is 11.9 Å². The number of halogens is 1. The highest BCUT2D eigenvalue weighted by atomic mass is 35.7. The summed E-state index contributed by atoms with van der Waals surface area (Å²) in [5, 5.41) is 0.782. The summed E-state index contributed by atoms with van der Waals surface area (Å²) in [6.07, 6.45) is 2.02. The largest absolute Gasteiger partial charge is 0.272 e. The summed E-state index contributed by atoms with van der Waals surface area (Å²) in [6, 6.07) is 0. The fourth-order valence-corrected chi connectivity index (χ4v) is 2.43. The van der Waals surface area contributed by atoms with E-state index < -0.39 is 9.05 Å². The van der Waals surface area contributed by atoms with Gasteiger partial charge in [0.05, 0.1) is 11.2 Å². The summed E-state index contributed by atoms with van der Waals surface area (Å²) >= 11 is 1.11. The molecule has 3 nitrogen and oxygen atoms in total. The lowest BCUT2D eigenvalue weighted by Crippen LogP contribution is -1.83. The minimum Gasteiger partial charge on any atom is -0.248 e. The second-order valence-corrected chi connectivity index (χ2v) is 5.77. The lowest BCUT2D eigenvalue weighted by Gasteiger charge is -1.83. The van der Waals surface area contributed by atoms with Gasteiger partial charge in [-0.25, -0.2) is 13.4 Å². The molecule has 1 rings (SSSR count). The van der Waals surface area contributed by atoms with E-state index in [4.69, 9.17) is 10.7 Å². The molecule has 0 saturated carbocycles. The van der Waals surface area contributed by atoms with E-state index in [1.165, 1.54) is 6.20 Å². The molecule has 1 aromatic rings. The van der Waals surface area contributed by atoms with Gasteiger partial charge in [-0.15, -0.1) is 11.3 Å². The molecule has 0 saturated heterocycles. The topological polar surface area (TPSA) is 47.0 Å². The van der Waals surface area contributed by atoms with E-state index in [2.05, 4.69) is 4.98 Å². The Morgan fingerprint density at radius 1 is 1.73 bits per heavy atom. The molecule has 0 aliphatic carbocycles. The summed E-state index contributed by atoms with van der Waals surface area (Å²) in [7, 11) is 1.51. The summed E-state index contributed by atoms with van der Waals surface area (Å²) in [4.78, 5) is 3.86. The van der Waals surface area contributed by atoms with Crippen molar-refractivity contribution in [3.63, 3.8) is 0 Å². The van der Waals surface area contributed by atoms with Crippen LogP contribution in [0.4, 0.5) is 0 Å². The van der Waals surface area contributed by atoms with Gasteiger partial charge in [-0.2, -0.15) is 0 Å². The van der Waals surface area contributed by atoms with Gasteiger partial charge in [0.15, 0.2) is 4.21 Å². The molecular weight excluding hydrogens is 206 g/mol. The fourth-order valence-electron chi connectivity index (χ4n) is 0.570. The van der Waals surface area contributed by atoms with E-state index in [0.29, 0.717) is 0 Å². The van der Waals surface area contributed by atoms with Crippen LogP contribution in [0.2, 0.25) is 0 Å². The molecule has 0 atom stereocenters. The maximum atomic E-state index is 10.7. The van der Waals surface area contributed by atoms with Crippen LogP contribution in [0.5, 0.6) is 0 Å². The Labute approximate surface area is 73.5 Å². The minimum absolute atomic E-state index is 0.121. The maximum absolute atomic E-state index is 10.7. The van der Waals surface area contributed by atoms with E-state index in [-0.39, 0.29) is 4.21 Å². The van der Waals surface area contributed by atoms with Crippen molar-refractivity contribution in [3.05, 3.63) is 11.2 Å². The molecule has 0 aliphatic rings. The van der Waals surface area contributed by atoms with Gasteiger partial charge < -0.3 is 0 Å². The fraction of sp³-hybridized carbons (Fsp3) is 0.400. The first-order valence-electron chi connectivity index (χ1n) is 2.93. The van der Waals surface area contributed by atoms with Crippen molar-refractivity contribution in [2.24, 2.45) is 0 Å². The lowest BCUT2D eigenvalue weighted by atomic mass is 10.5. The second kappa shape index (κ2) is 3.08. The number of aromatic nitrogens is 1. The molecule has 0 N–H and O–H groups in total. The van der Waals surface area contributed by atoms with Crippen LogP contribution in [0.15, 0.2) is 10.4 Å². The molecule has 0 aromatic carbocycles. The minimum atomic E-state index is -3.56. The highest BCUT2D eigenvalue weighted by Crippen LogP contribution is 2.22. The Kier molecular flexibility index (Phi) is 2.51. The molecule has 6 heteroatoms. The van der Waals surface area contributed by atoms with Gasteiger partial charge in [-0.1, -0.05) is 6.92 Å². The van der Waals surface area contributed by atoms with Gasteiger partial charge in [-0.05, 0) is 6.42 Å². The summed E-state index contributed by atoms with van der Waals surface area (Å²) < 4.78 is 21.5. The van der Waals surface area contributed by atoms with E-state index in [0.717, 1.165) is 22.8 Å². The van der Waals surface area contributed by atoms with Crippen LogP contribution in [0, 0.1) is 0 Å². The smallest absolute Gasteiger partial charge is 0.248 e. The van der Waals surface area contributed by atoms with Crippen LogP contribution < -0.4 is 0 Å². The first-order chi connectivity index (χ1) is 5.04. The Morgan fingerprint density at radius 3 is 2.64 bits per heavy atom. The van der Waals surface area contributed by atoms with E-state index in [1.807, 2.05) is 6.92 Å². The Morgan fingerprint density at radius 2 is 2.36 bits per heavy atom. The van der Waals surface area contributed by atoms with Gasteiger partial charge in [0.2, 0.25) is 0 Å². The zero-order valence-corrected chi connectivity index (χ0v) is 8.13. The predicted octanol–water partition coefficient (Wildman–Crippen LogP) is 1.63. The first-order valence-corrected chi connectivity index (χ1v) is 6.06. The Bertz CT molecular complexity index is 343. The number of hydrogen-bond donors (Lipinski definition) is 0. The van der Waals surface area contributed by atoms with Gasteiger partial charge in [0.1, 0.15) is 0 Å². The molecule has 0 amide bonds. The molecule has 0 radical (unpaired) electrons. The average molecular weight is 212 g/mol. The summed E-state index contributed by atoms with van der Waals surface area (Å²) in [5.74, 6) is 0. The molecule has 11 heavy (non-hydrogen) atoms. The molecule has 1 aromatic heterocycles. The molecular formula is C5H6ClNO2S2. The first kappa shape index (κ1) is 8.96. The SMILES string of the molecule is CCc1ncc(S(=O)(=O)Cl)s1. The third-order valence-corrected chi connectivity index (χ3v) is 4.28. The number of nitrogens with zero attached hydrogens (tertiary/aromatic N) is 1. The molecule has 0 unspecified atom stereocenters. The molecule has 0 fully saturated rings. The van der Waals surface area contributed by atoms with Crippen LogP contribution in [-0.2, 0) is 15.5 Å². The average Bonchev–Trinajstić information content (AvgIpc) is 2.32. The van der Waals surface area contributed by atoms with Gasteiger partial charge in [0, 0.05) is 10.7 Å². The number of thiazole rings is 1. The number of aryl methyl sites for hydroxylation is 1. The highest BCUT2D eigenvalue weighted by molar-refractivity contribution is 8.15. The van der Waals surface area contributed by atoms with Crippen LogP contribution in [0.25, 0.3) is 0 Å². The number of rotatable bonds is 2. The van der Waals surface area contributed by atoms with Crippen LogP contribution in [-0.4, -0.2) is 13.4 Å². The van der Waals surface area contributed by atoms with E-state index in [1.54, 1.807) is 0 Å². The normalized spacial score (nSPS) is 11.8. The van der Waals surface area contributed by atoms with Crippen LogP contribution in [0.3, 0.4) is 0 Å². The van der Waals surface area contributed by atoms with Crippen LogP contribution >= 0.6 is 22.0 Å². The molecule has 0 bridgehead atoms. The maximum Gasteiger partial charge on any atom is 0.272 e.